The fourth-order valence-corrected chi connectivity index (χ4v) is 1.95. The van der Waals surface area contributed by atoms with Crippen LogP contribution in [0, 0.1) is 0 Å². The molecule has 0 fully saturated rings. The van der Waals surface area contributed by atoms with Crippen LogP contribution in [-0.2, 0) is 0 Å². The molecular formula is C13H11Cl2N3O2. The molecule has 0 saturated heterocycles. The molecule has 7 heteroatoms. The van der Waals surface area contributed by atoms with E-state index in [0.29, 0.717) is 22.9 Å². The molecule has 2 rings (SSSR count). The topological polar surface area (TPSA) is 64.1 Å². The molecule has 104 valence electrons. The summed E-state index contributed by atoms with van der Waals surface area (Å²) in [5.41, 5.74) is 0.773. The lowest BCUT2D eigenvalue weighted by Gasteiger charge is -2.07. The third-order valence-corrected chi connectivity index (χ3v) is 2.88. The quantitative estimate of drug-likeness (QED) is 0.939. The summed E-state index contributed by atoms with van der Waals surface area (Å²) in [5.74, 6) is -0.362. The molecule has 0 spiro atoms. The van der Waals surface area contributed by atoms with E-state index in [1.807, 2.05) is 6.92 Å². The minimum Gasteiger partial charge on any atom is -0.464 e. The summed E-state index contributed by atoms with van der Waals surface area (Å²) >= 11 is 11.7. The molecule has 1 aromatic heterocycles. The molecular weight excluding hydrogens is 301 g/mol. The van der Waals surface area contributed by atoms with Gasteiger partial charge < -0.3 is 10.1 Å². The predicted octanol–water partition coefficient (Wildman–Crippen LogP) is 3.43. The zero-order valence-electron chi connectivity index (χ0n) is 10.6. The number of halogens is 2. The predicted molar refractivity (Wildman–Crippen MR) is 77.6 cm³/mol. The summed E-state index contributed by atoms with van der Waals surface area (Å²) in [4.78, 5) is 19.9. The van der Waals surface area contributed by atoms with Gasteiger partial charge in [0.2, 0.25) is 0 Å². The first-order valence-electron chi connectivity index (χ1n) is 5.81. The highest BCUT2D eigenvalue weighted by Crippen LogP contribution is 2.22. The minimum atomic E-state index is -0.362. The Bertz CT molecular complexity index is 618. The third-order valence-electron chi connectivity index (χ3n) is 2.34. The van der Waals surface area contributed by atoms with Crippen LogP contribution < -0.4 is 10.1 Å². The van der Waals surface area contributed by atoms with Crippen molar-refractivity contribution < 1.29 is 9.53 Å². The van der Waals surface area contributed by atoms with Crippen molar-refractivity contribution in [1.29, 1.82) is 0 Å². The Morgan fingerprint density at radius 3 is 2.60 bits per heavy atom. The number of carbonyl (C=O) groups excluding carboxylic acids is 1. The molecule has 0 atom stereocenters. The van der Waals surface area contributed by atoms with Crippen LogP contribution in [0.3, 0.4) is 0 Å². The lowest BCUT2D eigenvalue weighted by atomic mass is 10.2. The van der Waals surface area contributed by atoms with Gasteiger partial charge in [-0.3, -0.25) is 4.79 Å². The normalized spacial score (nSPS) is 10.2. The largest absolute Gasteiger partial charge is 0.464 e. The monoisotopic (exact) mass is 311 g/mol. The van der Waals surface area contributed by atoms with Gasteiger partial charge >= 0.3 is 6.01 Å². The van der Waals surface area contributed by atoms with Crippen molar-refractivity contribution in [2.75, 3.05) is 11.9 Å². The first-order valence-corrected chi connectivity index (χ1v) is 6.57. The highest BCUT2D eigenvalue weighted by Gasteiger charge is 2.11. The summed E-state index contributed by atoms with van der Waals surface area (Å²) in [7, 11) is 0. The maximum atomic E-state index is 12.0. The van der Waals surface area contributed by atoms with Crippen molar-refractivity contribution in [2.45, 2.75) is 6.92 Å². The Hall–Kier alpha value is -1.85. The number of hydrogen-bond donors (Lipinski definition) is 1. The number of hydrogen-bond acceptors (Lipinski definition) is 4. The number of ether oxygens (including phenoxy) is 1. The second-order valence-electron chi connectivity index (χ2n) is 3.77. The van der Waals surface area contributed by atoms with Gasteiger partial charge in [-0.2, -0.15) is 0 Å². The zero-order chi connectivity index (χ0) is 14.5. The molecule has 0 bridgehead atoms. The molecule has 20 heavy (non-hydrogen) atoms. The lowest BCUT2D eigenvalue weighted by Crippen LogP contribution is -2.13. The number of carbonyl (C=O) groups is 1. The Balaban J connectivity index is 2.11. The Kier molecular flexibility index (Phi) is 4.76. The fourth-order valence-electron chi connectivity index (χ4n) is 1.46. The van der Waals surface area contributed by atoms with Gasteiger partial charge in [-0.25, -0.2) is 9.97 Å². The van der Waals surface area contributed by atoms with Gasteiger partial charge in [0.1, 0.15) is 0 Å². The first-order chi connectivity index (χ1) is 9.60. The van der Waals surface area contributed by atoms with Crippen LogP contribution in [0.1, 0.15) is 17.3 Å². The van der Waals surface area contributed by atoms with E-state index in [1.165, 1.54) is 18.5 Å². The van der Waals surface area contributed by atoms with Crippen molar-refractivity contribution in [2.24, 2.45) is 0 Å². The first kappa shape index (κ1) is 14.6. The molecule has 0 radical (unpaired) electrons. The van der Waals surface area contributed by atoms with E-state index >= 15 is 0 Å². The van der Waals surface area contributed by atoms with E-state index < -0.39 is 0 Å². The van der Waals surface area contributed by atoms with Gasteiger partial charge in [0, 0.05) is 5.02 Å². The van der Waals surface area contributed by atoms with Gasteiger partial charge in [0.25, 0.3) is 5.91 Å². The number of nitrogens with one attached hydrogen (secondary N) is 1. The molecule has 1 amide bonds. The molecule has 0 aliphatic carbocycles. The minimum absolute atomic E-state index is 0.259. The van der Waals surface area contributed by atoms with Crippen molar-refractivity contribution in [1.82, 2.24) is 9.97 Å². The summed E-state index contributed by atoms with van der Waals surface area (Å²) in [5, 5.41) is 3.39. The third kappa shape index (κ3) is 3.59. The van der Waals surface area contributed by atoms with E-state index in [0.717, 1.165) is 0 Å². The highest BCUT2D eigenvalue weighted by molar-refractivity contribution is 6.37. The van der Waals surface area contributed by atoms with E-state index in [1.54, 1.807) is 12.1 Å². The van der Waals surface area contributed by atoms with Crippen LogP contribution >= 0.6 is 23.2 Å². The van der Waals surface area contributed by atoms with E-state index in [4.69, 9.17) is 27.9 Å². The van der Waals surface area contributed by atoms with Gasteiger partial charge in [-0.15, -0.1) is 0 Å². The smallest absolute Gasteiger partial charge is 0.316 e. The van der Waals surface area contributed by atoms with Crippen molar-refractivity contribution in [3.05, 3.63) is 46.2 Å². The van der Waals surface area contributed by atoms with E-state index in [2.05, 4.69) is 15.3 Å². The van der Waals surface area contributed by atoms with Crippen LogP contribution in [0.15, 0.2) is 30.6 Å². The second kappa shape index (κ2) is 6.54. The summed E-state index contributed by atoms with van der Waals surface area (Å²) in [6.45, 7) is 2.31. The summed E-state index contributed by atoms with van der Waals surface area (Å²) in [6, 6.07) is 4.91. The summed E-state index contributed by atoms with van der Waals surface area (Å²) in [6.07, 6.45) is 2.92. The average Bonchev–Trinajstić information content (AvgIpc) is 2.41. The van der Waals surface area contributed by atoms with Gasteiger partial charge in [0.05, 0.1) is 35.3 Å². The number of amides is 1. The summed E-state index contributed by atoms with van der Waals surface area (Å²) < 4.78 is 5.11. The Labute approximate surface area is 125 Å². The van der Waals surface area contributed by atoms with Crippen molar-refractivity contribution in [3.63, 3.8) is 0 Å². The standard InChI is InChI=1S/C13H11Cl2N3O2/c1-2-20-13-16-6-9(7-17-13)18-12(19)10-4-3-8(14)5-11(10)15/h3-7H,2H2,1H3,(H,18,19). The zero-order valence-corrected chi connectivity index (χ0v) is 12.1. The lowest BCUT2D eigenvalue weighted by molar-refractivity contribution is 0.102. The Morgan fingerprint density at radius 2 is 2.00 bits per heavy atom. The van der Waals surface area contributed by atoms with Crippen LogP contribution in [0.2, 0.25) is 10.0 Å². The second-order valence-corrected chi connectivity index (χ2v) is 4.61. The van der Waals surface area contributed by atoms with Crippen LogP contribution in [-0.4, -0.2) is 22.5 Å². The molecule has 0 saturated carbocycles. The molecule has 5 nitrogen and oxygen atoms in total. The van der Waals surface area contributed by atoms with Crippen LogP contribution in [0.25, 0.3) is 0 Å². The van der Waals surface area contributed by atoms with Gasteiger partial charge in [0.15, 0.2) is 0 Å². The molecule has 2 aromatic rings. The molecule has 1 heterocycles. The number of nitrogens with zero attached hydrogens (tertiary/aromatic N) is 2. The molecule has 0 aliphatic rings. The molecule has 1 N–H and O–H groups in total. The van der Waals surface area contributed by atoms with Crippen molar-refractivity contribution in [3.8, 4) is 6.01 Å². The fraction of sp³-hybridized carbons (Fsp3) is 0.154. The maximum Gasteiger partial charge on any atom is 0.316 e. The van der Waals surface area contributed by atoms with E-state index in [9.17, 15) is 4.79 Å². The maximum absolute atomic E-state index is 12.0. The van der Waals surface area contributed by atoms with Gasteiger partial charge in [-0.1, -0.05) is 23.2 Å². The molecule has 1 aromatic carbocycles. The van der Waals surface area contributed by atoms with E-state index in [-0.39, 0.29) is 16.9 Å². The SMILES string of the molecule is CCOc1ncc(NC(=O)c2ccc(Cl)cc2Cl)cn1. The van der Waals surface area contributed by atoms with Crippen molar-refractivity contribution >= 4 is 34.8 Å². The Morgan fingerprint density at radius 1 is 1.30 bits per heavy atom. The van der Waals surface area contributed by atoms with Crippen LogP contribution in [0.4, 0.5) is 5.69 Å². The number of rotatable bonds is 4. The molecule has 0 aliphatic heterocycles. The van der Waals surface area contributed by atoms with Crippen LogP contribution in [0.5, 0.6) is 6.01 Å². The highest BCUT2D eigenvalue weighted by atomic mass is 35.5. The number of benzene rings is 1. The average molecular weight is 312 g/mol. The molecule has 0 unspecified atom stereocenters. The van der Waals surface area contributed by atoms with Gasteiger partial charge in [-0.05, 0) is 25.1 Å². The number of anilines is 1. The number of aromatic nitrogens is 2.